The van der Waals surface area contributed by atoms with Crippen molar-refractivity contribution in [2.75, 3.05) is 24.8 Å². The SMILES string of the molecule is CCC1(CC)[C@@H](N(C)c2ncnc3nc(N)ccc23)C[C@H]1OC. The molecule has 1 aliphatic carbocycles. The van der Waals surface area contributed by atoms with Crippen LogP contribution in [0, 0.1) is 5.41 Å². The molecule has 2 heterocycles. The van der Waals surface area contributed by atoms with Gasteiger partial charge >= 0.3 is 0 Å². The van der Waals surface area contributed by atoms with E-state index in [0.717, 1.165) is 30.5 Å². The molecule has 0 amide bonds. The van der Waals surface area contributed by atoms with Crippen LogP contribution >= 0.6 is 0 Å². The first kappa shape index (κ1) is 15.9. The molecule has 3 rings (SSSR count). The molecule has 124 valence electrons. The second-order valence-corrected chi connectivity index (χ2v) is 6.33. The van der Waals surface area contributed by atoms with Gasteiger partial charge in [0.05, 0.1) is 11.5 Å². The summed E-state index contributed by atoms with van der Waals surface area (Å²) >= 11 is 0. The zero-order chi connectivity index (χ0) is 16.6. The Hall–Kier alpha value is -1.95. The van der Waals surface area contributed by atoms with E-state index in [-0.39, 0.29) is 5.41 Å². The average Bonchev–Trinajstić information content (AvgIpc) is 2.54. The summed E-state index contributed by atoms with van der Waals surface area (Å²) in [6.45, 7) is 4.49. The third-order valence-corrected chi connectivity index (χ3v) is 5.64. The van der Waals surface area contributed by atoms with E-state index in [1.807, 2.05) is 13.2 Å². The molecule has 1 aliphatic rings. The standard InChI is InChI=1S/C17H25N5O/c1-5-17(6-2)12(9-13(17)23-4)22(3)16-11-7-8-14(18)21-15(11)19-10-20-16/h7-8,10,12-13H,5-6,9H2,1-4H3,(H2,18,19,20,21)/t12-,13+/m0/s1. The maximum absolute atomic E-state index is 5.77. The number of nitrogens with two attached hydrogens (primary N) is 1. The first-order chi connectivity index (χ1) is 11.1. The van der Waals surface area contributed by atoms with Crippen molar-refractivity contribution in [1.82, 2.24) is 15.0 Å². The molecule has 6 heteroatoms. The quantitative estimate of drug-likeness (QED) is 0.914. The molecule has 0 radical (unpaired) electrons. The highest BCUT2D eigenvalue weighted by atomic mass is 16.5. The number of fused-ring (bicyclic) bond motifs is 1. The highest BCUT2D eigenvalue weighted by Gasteiger charge is 2.55. The smallest absolute Gasteiger partial charge is 0.166 e. The monoisotopic (exact) mass is 315 g/mol. The average molecular weight is 315 g/mol. The Kier molecular flexibility index (Phi) is 4.10. The van der Waals surface area contributed by atoms with Crippen LogP contribution in [0.2, 0.25) is 0 Å². The van der Waals surface area contributed by atoms with E-state index < -0.39 is 0 Å². The van der Waals surface area contributed by atoms with Crippen LogP contribution < -0.4 is 10.6 Å². The van der Waals surface area contributed by atoms with Crippen LogP contribution in [0.5, 0.6) is 0 Å². The minimum absolute atomic E-state index is 0.169. The number of hydrogen-bond acceptors (Lipinski definition) is 6. The highest BCUT2D eigenvalue weighted by molar-refractivity contribution is 5.87. The van der Waals surface area contributed by atoms with Crippen molar-refractivity contribution in [3.63, 3.8) is 0 Å². The summed E-state index contributed by atoms with van der Waals surface area (Å²) in [5, 5.41) is 0.936. The Morgan fingerprint density at radius 3 is 2.70 bits per heavy atom. The van der Waals surface area contributed by atoms with Gasteiger partial charge in [0.2, 0.25) is 0 Å². The minimum Gasteiger partial charge on any atom is -0.384 e. The van der Waals surface area contributed by atoms with Crippen LogP contribution in [-0.2, 0) is 4.74 Å². The Labute approximate surface area is 137 Å². The van der Waals surface area contributed by atoms with Gasteiger partial charge < -0.3 is 15.4 Å². The zero-order valence-corrected chi connectivity index (χ0v) is 14.3. The van der Waals surface area contributed by atoms with Crippen molar-refractivity contribution < 1.29 is 4.74 Å². The molecular weight excluding hydrogens is 290 g/mol. The van der Waals surface area contributed by atoms with E-state index in [4.69, 9.17) is 10.5 Å². The normalized spacial score (nSPS) is 22.8. The van der Waals surface area contributed by atoms with Crippen molar-refractivity contribution in [3.8, 4) is 0 Å². The summed E-state index contributed by atoms with van der Waals surface area (Å²) in [4.78, 5) is 15.3. The molecule has 0 unspecified atom stereocenters. The zero-order valence-electron chi connectivity index (χ0n) is 14.3. The Morgan fingerprint density at radius 1 is 1.30 bits per heavy atom. The third kappa shape index (κ3) is 2.32. The van der Waals surface area contributed by atoms with Gasteiger partial charge in [-0.25, -0.2) is 15.0 Å². The Bertz CT molecular complexity index is 700. The van der Waals surface area contributed by atoms with E-state index in [1.165, 1.54) is 0 Å². The summed E-state index contributed by atoms with van der Waals surface area (Å²) in [5.41, 5.74) is 6.58. The van der Waals surface area contributed by atoms with Gasteiger partial charge in [0.15, 0.2) is 5.65 Å². The van der Waals surface area contributed by atoms with Gasteiger partial charge in [-0.15, -0.1) is 0 Å². The van der Waals surface area contributed by atoms with E-state index in [9.17, 15) is 0 Å². The second kappa shape index (κ2) is 5.92. The van der Waals surface area contributed by atoms with Crippen LogP contribution in [0.3, 0.4) is 0 Å². The Morgan fingerprint density at radius 2 is 2.04 bits per heavy atom. The lowest BCUT2D eigenvalue weighted by molar-refractivity contribution is -0.113. The van der Waals surface area contributed by atoms with Gasteiger partial charge in [0.25, 0.3) is 0 Å². The number of hydrogen-bond donors (Lipinski definition) is 1. The molecule has 2 aromatic heterocycles. The summed E-state index contributed by atoms with van der Waals surface area (Å²) in [5.74, 6) is 1.39. The van der Waals surface area contributed by atoms with E-state index >= 15 is 0 Å². The lowest BCUT2D eigenvalue weighted by Crippen LogP contribution is -2.63. The number of nitrogen functional groups attached to an aromatic ring is 1. The summed E-state index contributed by atoms with van der Waals surface area (Å²) in [6, 6.07) is 4.16. The lowest BCUT2D eigenvalue weighted by Gasteiger charge is -2.58. The second-order valence-electron chi connectivity index (χ2n) is 6.33. The van der Waals surface area contributed by atoms with E-state index in [2.05, 4.69) is 40.7 Å². The molecule has 6 nitrogen and oxygen atoms in total. The topological polar surface area (TPSA) is 77.2 Å². The fourth-order valence-corrected chi connectivity index (χ4v) is 4.15. The molecule has 0 spiro atoms. The summed E-state index contributed by atoms with van der Waals surface area (Å²) in [6.07, 6.45) is 5.07. The number of methoxy groups -OCH3 is 1. The lowest BCUT2D eigenvalue weighted by atomic mass is 9.58. The molecule has 0 saturated heterocycles. The molecule has 2 aromatic rings. The van der Waals surface area contributed by atoms with Crippen molar-refractivity contribution in [1.29, 1.82) is 0 Å². The maximum atomic E-state index is 5.77. The molecule has 23 heavy (non-hydrogen) atoms. The van der Waals surface area contributed by atoms with Crippen LogP contribution in [-0.4, -0.2) is 41.3 Å². The highest BCUT2D eigenvalue weighted by Crippen LogP contribution is 2.51. The number of ether oxygens (including phenoxy) is 1. The molecular formula is C17H25N5O. The molecule has 0 aliphatic heterocycles. The predicted octanol–water partition coefficient (Wildman–Crippen LogP) is 2.64. The van der Waals surface area contributed by atoms with Crippen LogP contribution in [0.1, 0.15) is 33.1 Å². The van der Waals surface area contributed by atoms with Gasteiger partial charge in [-0.3, -0.25) is 0 Å². The maximum Gasteiger partial charge on any atom is 0.166 e. The number of rotatable bonds is 5. The molecule has 2 N–H and O–H groups in total. The van der Waals surface area contributed by atoms with E-state index in [1.54, 1.807) is 12.4 Å². The van der Waals surface area contributed by atoms with Gasteiger partial charge in [-0.2, -0.15) is 0 Å². The number of pyridine rings is 1. The molecule has 0 aromatic carbocycles. The van der Waals surface area contributed by atoms with Gasteiger partial charge in [0, 0.05) is 25.6 Å². The number of anilines is 2. The first-order valence-electron chi connectivity index (χ1n) is 8.20. The van der Waals surface area contributed by atoms with E-state index in [0.29, 0.717) is 23.6 Å². The van der Waals surface area contributed by atoms with Crippen molar-refractivity contribution >= 4 is 22.7 Å². The van der Waals surface area contributed by atoms with Crippen LogP contribution in [0.15, 0.2) is 18.5 Å². The number of aromatic nitrogens is 3. The molecule has 0 bridgehead atoms. The summed E-state index contributed by atoms with van der Waals surface area (Å²) in [7, 11) is 3.92. The van der Waals surface area contributed by atoms with Crippen LogP contribution in [0.4, 0.5) is 11.6 Å². The predicted molar refractivity (Wildman–Crippen MR) is 92.4 cm³/mol. The van der Waals surface area contributed by atoms with Gasteiger partial charge in [-0.05, 0) is 31.4 Å². The van der Waals surface area contributed by atoms with Gasteiger partial charge in [0.1, 0.15) is 18.0 Å². The molecule has 1 saturated carbocycles. The fourth-order valence-electron chi connectivity index (χ4n) is 4.15. The largest absolute Gasteiger partial charge is 0.384 e. The van der Waals surface area contributed by atoms with Crippen molar-refractivity contribution in [3.05, 3.63) is 18.5 Å². The van der Waals surface area contributed by atoms with Gasteiger partial charge in [-0.1, -0.05) is 13.8 Å². The first-order valence-corrected chi connectivity index (χ1v) is 8.20. The Balaban J connectivity index is 1.99. The number of nitrogens with zero attached hydrogens (tertiary/aromatic N) is 4. The molecule has 1 fully saturated rings. The summed E-state index contributed by atoms with van der Waals surface area (Å²) < 4.78 is 5.72. The van der Waals surface area contributed by atoms with Crippen molar-refractivity contribution in [2.45, 2.75) is 45.3 Å². The van der Waals surface area contributed by atoms with Crippen molar-refractivity contribution in [2.24, 2.45) is 5.41 Å². The molecule has 2 atom stereocenters. The van der Waals surface area contributed by atoms with Crippen LogP contribution in [0.25, 0.3) is 11.0 Å². The fraction of sp³-hybridized carbons (Fsp3) is 0.588. The third-order valence-electron chi connectivity index (χ3n) is 5.64. The minimum atomic E-state index is 0.169.